The maximum atomic E-state index is 8.99. The molecule has 2 aromatic rings. The summed E-state index contributed by atoms with van der Waals surface area (Å²) in [6.45, 7) is 1.83. The topological polar surface area (TPSA) is 50.4 Å². The van der Waals surface area contributed by atoms with Crippen LogP contribution in [0.5, 0.6) is 0 Å². The first-order valence-corrected chi connectivity index (χ1v) is 4.31. The molecule has 68 valence electrons. The summed E-state index contributed by atoms with van der Waals surface area (Å²) in [6, 6.07) is 1.82. The van der Waals surface area contributed by atoms with Crippen LogP contribution in [-0.2, 0) is 6.61 Å². The normalized spacial score (nSPS) is 11.0. The van der Waals surface area contributed by atoms with Crippen LogP contribution >= 0.6 is 12.6 Å². The van der Waals surface area contributed by atoms with Gasteiger partial charge in [0.25, 0.3) is 0 Å². The molecule has 0 bridgehead atoms. The van der Waals surface area contributed by atoms with Crippen molar-refractivity contribution in [2.75, 3.05) is 0 Å². The highest BCUT2D eigenvalue weighted by Gasteiger charge is 2.06. The Morgan fingerprint density at radius 1 is 1.62 bits per heavy atom. The molecule has 5 heteroatoms. The van der Waals surface area contributed by atoms with Crippen molar-refractivity contribution in [1.29, 1.82) is 0 Å². The molecule has 2 aromatic heterocycles. The van der Waals surface area contributed by atoms with Gasteiger partial charge < -0.3 is 5.11 Å². The highest BCUT2D eigenvalue weighted by atomic mass is 32.1. The van der Waals surface area contributed by atoms with Crippen LogP contribution in [-0.4, -0.2) is 19.7 Å². The van der Waals surface area contributed by atoms with Gasteiger partial charge in [0.15, 0.2) is 5.65 Å². The zero-order chi connectivity index (χ0) is 9.42. The van der Waals surface area contributed by atoms with E-state index in [1.54, 1.807) is 10.7 Å². The second kappa shape index (κ2) is 3.01. The summed E-state index contributed by atoms with van der Waals surface area (Å²) < 4.78 is 1.60. The van der Waals surface area contributed by atoms with E-state index in [4.69, 9.17) is 5.11 Å². The van der Waals surface area contributed by atoms with Crippen LogP contribution in [0.1, 0.15) is 11.3 Å². The van der Waals surface area contributed by atoms with Crippen LogP contribution in [0.2, 0.25) is 0 Å². The van der Waals surface area contributed by atoms with Crippen LogP contribution in [0.3, 0.4) is 0 Å². The van der Waals surface area contributed by atoms with E-state index in [9.17, 15) is 0 Å². The van der Waals surface area contributed by atoms with E-state index in [0.717, 1.165) is 16.3 Å². The smallest absolute Gasteiger partial charge is 0.161 e. The molecule has 13 heavy (non-hydrogen) atoms. The molecule has 0 spiro atoms. The van der Waals surface area contributed by atoms with E-state index in [1.165, 1.54) is 0 Å². The maximum Gasteiger partial charge on any atom is 0.161 e. The Hall–Kier alpha value is -1.07. The number of aliphatic hydroxyl groups excluding tert-OH is 1. The van der Waals surface area contributed by atoms with Crippen molar-refractivity contribution >= 4 is 18.3 Å². The molecular weight excluding hydrogens is 186 g/mol. The monoisotopic (exact) mass is 195 g/mol. The van der Waals surface area contributed by atoms with Gasteiger partial charge in [0, 0.05) is 11.3 Å². The van der Waals surface area contributed by atoms with E-state index in [1.807, 2.05) is 13.0 Å². The molecule has 0 saturated heterocycles. The van der Waals surface area contributed by atoms with Crippen molar-refractivity contribution in [2.24, 2.45) is 0 Å². The summed E-state index contributed by atoms with van der Waals surface area (Å²) in [5, 5.41) is 13.8. The van der Waals surface area contributed by atoms with E-state index in [2.05, 4.69) is 22.7 Å². The predicted molar refractivity (Wildman–Crippen MR) is 50.9 cm³/mol. The number of aromatic nitrogens is 3. The molecule has 0 aromatic carbocycles. The number of aliphatic hydroxyl groups is 1. The molecule has 0 fully saturated rings. The van der Waals surface area contributed by atoms with Crippen LogP contribution in [0.25, 0.3) is 5.65 Å². The lowest BCUT2D eigenvalue weighted by Gasteiger charge is -1.99. The molecule has 0 aliphatic heterocycles. The lowest BCUT2D eigenvalue weighted by molar-refractivity contribution is 0.283. The van der Waals surface area contributed by atoms with Gasteiger partial charge in [-0.2, -0.15) is 5.10 Å². The first-order valence-electron chi connectivity index (χ1n) is 3.86. The lowest BCUT2D eigenvalue weighted by Crippen LogP contribution is -1.95. The first-order chi connectivity index (χ1) is 6.22. The van der Waals surface area contributed by atoms with Gasteiger partial charge in [-0.05, 0) is 13.0 Å². The Morgan fingerprint density at radius 3 is 3.08 bits per heavy atom. The fourth-order valence-electron chi connectivity index (χ4n) is 1.22. The first kappa shape index (κ1) is 8.52. The summed E-state index contributed by atoms with van der Waals surface area (Å²) in [6.07, 6.45) is 1.60. The van der Waals surface area contributed by atoms with E-state index >= 15 is 0 Å². The molecule has 2 rings (SSSR count). The van der Waals surface area contributed by atoms with Gasteiger partial charge in [-0.1, -0.05) is 0 Å². The third kappa shape index (κ3) is 1.30. The molecule has 2 heterocycles. The quantitative estimate of drug-likeness (QED) is 0.523. The summed E-state index contributed by atoms with van der Waals surface area (Å²) in [7, 11) is 0. The predicted octanol–water partition coefficient (Wildman–Crippen LogP) is 0.819. The van der Waals surface area contributed by atoms with Gasteiger partial charge >= 0.3 is 0 Å². The molecule has 4 nitrogen and oxygen atoms in total. The summed E-state index contributed by atoms with van der Waals surface area (Å²) >= 11 is 4.25. The van der Waals surface area contributed by atoms with Crippen LogP contribution in [0, 0.1) is 6.92 Å². The third-order valence-electron chi connectivity index (χ3n) is 1.82. The Labute approximate surface area is 80.6 Å². The van der Waals surface area contributed by atoms with Crippen molar-refractivity contribution in [1.82, 2.24) is 14.6 Å². The van der Waals surface area contributed by atoms with Crippen LogP contribution < -0.4 is 0 Å². The second-order valence-electron chi connectivity index (χ2n) is 2.82. The number of hydrogen-bond acceptors (Lipinski definition) is 4. The molecule has 0 radical (unpaired) electrons. The summed E-state index contributed by atoms with van der Waals surface area (Å²) in [5.41, 5.74) is 2.26. The Balaban J connectivity index is 2.82. The largest absolute Gasteiger partial charge is 0.391 e. The van der Waals surface area contributed by atoms with E-state index in [-0.39, 0.29) is 6.61 Å². The van der Waals surface area contributed by atoms with Crippen molar-refractivity contribution in [3.05, 3.63) is 23.5 Å². The molecule has 0 amide bonds. The van der Waals surface area contributed by atoms with Gasteiger partial charge in [-0.15, -0.1) is 12.6 Å². The molecule has 0 aliphatic carbocycles. The number of nitrogens with zero attached hydrogens (tertiary/aromatic N) is 3. The van der Waals surface area contributed by atoms with E-state index < -0.39 is 0 Å². The van der Waals surface area contributed by atoms with E-state index in [0.29, 0.717) is 5.65 Å². The molecule has 0 aliphatic rings. The molecule has 0 saturated carbocycles. The molecule has 0 atom stereocenters. The Kier molecular flexibility index (Phi) is 1.97. The SMILES string of the molecule is Cc1cc(S)n2ncc(CO)c2n1. The van der Waals surface area contributed by atoms with Crippen molar-refractivity contribution in [2.45, 2.75) is 18.6 Å². The second-order valence-corrected chi connectivity index (χ2v) is 3.28. The number of fused-ring (bicyclic) bond motifs is 1. The average Bonchev–Trinajstić information content (AvgIpc) is 2.47. The van der Waals surface area contributed by atoms with Crippen LogP contribution in [0.4, 0.5) is 0 Å². The highest BCUT2D eigenvalue weighted by Crippen LogP contribution is 2.14. The maximum absolute atomic E-state index is 8.99. The van der Waals surface area contributed by atoms with Crippen molar-refractivity contribution in [3.63, 3.8) is 0 Å². The van der Waals surface area contributed by atoms with Crippen LogP contribution in [0.15, 0.2) is 17.3 Å². The third-order valence-corrected chi connectivity index (χ3v) is 2.14. The summed E-state index contributed by atoms with van der Waals surface area (Å²) in [5.74, 6) is 0. The van der Waals surface area contributed by atoms with Gasteiger partial charge in [-0.25, -0.2) is 9.50 Å². The van der Waals surface area contributed by atoms with Gasteiger partial charge in [0.2, 0.25) is 0 Å². The molecule has 1 N–H and O–H groups in total. The number of thiol groups is 1. The Bertz CT molecular complexity index is 452. The molecular formula is C8H9N3OS. The van der Waals surface area contributed by atoms with Gasteiger partial charge in [0.05, 0.1) is 17.8 Å². The fraction of sp³-hybridized carbons (Fsp3) is 0.250. The zero-order valence-electron chi connectivity index (χ0n) is 7.10. The standard InChI is InChI=1S/C8H9N3OS/c1-5-2-7(13)11-8(10-5)6(4-12)3-9-11/h2-3,12-13H,4H2,1H3. The average molecular weight is 195 g/mol. The van der Waals surface area contributed by atoms with Crippen molar-refractivity contribution in [3.8, 4) is 0 Å². The number of aryl methyl sites for hydroxylation is 1. The fourth-order valence-corrected chi connectivity index (χ4v) is 1.55. The van der Waals surface area contributed by atoms with Gasteiger partial charge in [-0.3, -0.25) is 0 Å². The molecule has 0 unspecified atom stereocenters. The number of rotatable bonds is 1. The Morgan fingerprint density at radius 2 is 2.38 bits per heavy atom. The minimum atomic E-state index is -0.0484. The highest BCUT2D eigenvalue weighted by molar-refractivity contribution is 7.80. The number of hydrogen-bond donors (Lipinski definition) is 2. The minimum absolute atomic E-state index is 0.0484. The minimum Gasteiger partial charge on any atom is -0.391 e. The van der Waals surface area contributed by atoms with Crippen molar-refractivity contribution < 1.29 is 5.11 Å². The van der Waals surface area contributed by atoms with Gasteiger partial charge in [0.1, 0.15) is 0 Å². The zero-order valence-corrected chi connectivity index (χ0v) is 7.99. The summed E-state index contributed by atoms with van der Waals surface area (Å²) in [4.78, 5) is 4.26. The lowest BCUT2D eigenvalue weighted by atomic mass is 10.3.